The Hall–Kier alpha value is -1.84. The summed E-state index contributed by atoms with van der Waals surface area (Å²) < 4.78 is 0. The summed E-state index contributed by atoms with van der Waals surface area (Å²) in [5, 5.41) is 6.90. The summed E-state index contributed by atoms with van der Waals surface area (Å²) in [7, 11) is 0. The molecule has 0 fully saturated rings. The van der Waals surface area contributed by atoms with Gasteiger partial charge in [-0.3, -0.25) is 4.79 Å². The Balaban J connectivity index is 1.82. The molecule has 0 aliphatic carbocycles. The molecule has 0 aliphatic rings. The van der Waals surface area contributed by atoms with Crippen molar-refractivity contribution in [2.24, 2.45) is 0 Å². The first-order valence-electron chi connectivity index (χ1n) is 7.39. The lowest BCUT2D eigenvalue weighted by molar-refractivity contribution is -0.121. The van der Waals surface area contributed by atoms with Gasteiger partial charge in [0.1, 0.15) is 0 Å². The van der Waals surface area contributed by atoms with Crippen LogP contribution in [0.1, 0.15) is 37.1 Å². The van der Waals surface area contributed by atoms with Crippen LogP contribution in [-0.4, -0.2) is 12.5 Å². The molecule has 2 N–H and O–H groups in total. The van der Waals surface area contributed by atoms with Gasteiger partial charge in [-0.05, 0) is 37.1 Å². The Kier molecular flexibility index (Phi) is 5.99. The van der Waals surface area contributed by atoms with Crippen molar-refractivity contribution in [1.29, 1.82) is 0 Å². The number of halogens is 1. The highest BCUT2D eigenvalue weighted by molar-refractivity contribution is 6.30. The van der Waals surface area contributed by atoms with Gasteiger partial charge < -0.3 is 10.6 Å². The molecule has 0 aromatic heterocycles. The van der Waals surface area contributed by atoms with Gasteiger partial charge in [-0.2, -0.15) is 0 Å². The van der Waals surface area contributed by atoms with Crippen molar-refractivity contribution in [3.8, 4) is 0 Å². The normalized spacial score (nSPS) is 13.4. The van der Waals surface area contributed by atoms with E-state index >= 15 is 0 Å². The molecule has 0 aliphatic heterocycles. The molecule has 1 amide bonds. The summed E-state index contributed by atoms with van der Waals surface area (Å²) in [6, 6.07) is 17.6. The zero-order valence-electron chi connectivity index (χ0n) is 12.8. The average molecular weight is 317 g/mol. The van der Waals surface area contributed by atoms with Crippen molar-refractivity contribution in [2.75, 3.05) is 6.54 Å². The van der Waals surface area contributed by atoms with Gasteiger partial charge in [0, 0.05) is 11.1 Å². The maximum Gasteiger partial charge on any atom is 0.234 e. The van der Waals surface area contributed by atoms with Crippen LogP contribution in [0.15, 0.2) is 54.6 Å². The fraction of sp³-hybridized carbons (Fsp3) is 0.278. The number of hydrogen-bond donors (Lipinski definition) is 2. The van der Waals surface area contributed by atoms with Crippen LogP contribution in [0.3, 0.4) is 0 Å². The Morgan fingerprint density at radius 2 is 1.68 bits per heavy atom. The third-order valence-electron chi connectivity index (χ3n) is 3.59. The van der Waals surface area contributed by atoms with Crippen molar-refractivity contribution in [3.05, 3.63) is 70.7 Å². The first-order valence-corrected chi connectivity index (χ1v) is 7.77. The summed E-state index contributed by atoms with van der Waals surface area (Å²) in [4.78, 5) is 12.0. The lowest BCUT2D eigenvalue weighted by Gasteiger charge is -2.17. The van der Waals surface area contributed by atoms with E-state index < -0.39 is 0 Å². The average Bonchev–Trinajstić information content (AvgIpc) is 2.53. The van der Waals surface area contributed by atoms with Crippen LogP contribution in [0.2, 0.25) is 5.02 Å². The fourth-order valence-corrected chi connectivity index (χ4v) is 2.46. The molecule has 2 aromatic rings. The standard InChI is InChI=1S/C18H21ClN2O/c1-13(16-9-6-10-17(19)11-16)20-12-18(22)21-14(2)15-7-4-3-5-8-15/h3-11,13-14,20H,12H2,1-2H3,(H,21,22)/t13-,14+/m0/s1. The van der Waals surface area contributed by atoms with E-state index in [4.69, 9.17) is 11.6 Å². The third-order valence-corrected chi connectivity index (χ3v) is 3.83. The maximum absolute atomic E-state index is 12.0. The molecule has 0 bridgehead atoms. The number of carbonyl (C=O) groups is 1. The first-order chi connectivity index (χ1) is 10.6. The minimum absolute atomic E-state index is 0.00280. The van der Waals surface area contributed by atoms with Crippen molar-refractivity contribution in [2.45, 2.75) is 25.9 Å². The fourth-order valence-electron chi connectivity index (χ4n) is 2.26. The van der Waals surface area contributed by atoms with E-state index in [1.54, 1.807) is 0 Å². The largest absolute Gasteiger partial charge is 0.348 e. The third kappa shape index (κ3) is 4.86. The molecule has 2 aromatic carbocycles. The lowest BCUT2D eigenvalue weighted by Crippen LogP contribution is -2.36. The maximum atomic E-state index is 12.0. The summed E-state index contributed by atoms with van der Waals surface area (Å²) in [5.41, 5.74) is 2.16. The van der Waals surface area contributed by atoms with E-state index in [1.165, 1.54) is 0 Å². The second-order valence-electron chi connectivity index (χ2n) is 5.36. The van der Waals surface area contributed by atoms with Gasteiger partial charge in [0.2, 0.25) is 5.91 Å². The molecule has 0 saturated carbocycles. The summed E-state index contributed by atoms with van der Waals surface area (Å²) in [6.07, 6.45) is 0. The highest BCUT2D eigenvalue weighted by Crippen LogP contribution is 2.17. The molecule has 3 nitrogen and oxygen atoms in total. The summed E-state index contributed by atoms with van der Waals surface area (Å²) in [6.45, 7) is 4.26. The minimum atomic E-state index is -0.0229. The Morgan fingerprint density at radius 3 is 2.36 bits per heavy atom. The van der Waals surface area contributed by atoms with Gasteiger partial charge in [-0.25, -0.2) is 0 Å². The zero-order chi connectivity index (χ0) is 15.9. The van der Waals surface area contributed by atoms with Gasteiger partial charge >= 0.3 is 0 Å². The zero-order valence-corrected chi connectivity index (χ0v) is 13.6. The molecular formula is C18H21ClN2O. The van der Waals surface area contributed by atoms with E-state index in [-0.39, 0.29) is 24.5 Å². The molecule has 0 saturated heterocycles. The van der Waals surface area contributed by atoms with Crippen molar-refractivity contribution >= 4 is 17.5 Å². The van der Waals surface area contributed by atoms with E-state index in [0.717, 1.165) is 11.1 Å². The first kappa shape index (κ1) is 16.5. The second kappa shape index (κ2) is 7.97. The Morgan fingerprint density at radius 1 is 1.00 bits per heavy atom. The van der Waals surface area contributed by atoms with E-state index in [1.807, 2.05) is 68.4 Å². The van der Waals surface area contributed by atoms with E-state index in [0.29, 0.717) is 5.02 Å². The van der Waals surface area contributed by atoms with Crippen molar-refractivity contribution in [1.82, 2.24) is 10.6 Å². The predicted molar refractivity (Wildman–Crippen MR) is 90.9 cm³/mol. The smallest absolute Gasteiger partial charge is 0.234 e. The number of rotatable bonds is 6. The van der Waals surface area contributed by atoms with Crippen molar-refractivity contribution < 1.29 is 4.79 Å². The number of carbonyl (C=O) groups excluding carboxylic acids is 1. The topological polar surface area (TPSA) is 41.1 Å². The predicted octanol–water partition coefficient (Wildman–Crippen LogP) is 3.87. The SMILES string of the molecule is C[C@H](NCC(=O)N[C@H](C)c1ccccc1)c1cccc(Cl)c1. The Bertz CT molecular complexity index is 615. The van der Waals surface area contributed by atoms with Gasteiger partial charge in [-0.1, -0.05) is 54.1 Å². The van der Waals surface area contributed by atoms with E-state index in [2.05, 4.69) is 10.6 Å². The molecule has 0 heterocycles. The summed E-state index contributed by atoms with van der Waals surface area (Å²) >= 11 is 5.98. The molecule has 2 atom stereocenters. The molecule has 22 heavy (non-hydrogen) atoms. The molecule has 4 heteroatoms. The lowest BCUT2D eigenvalue weighted by atomic mass is 10.1. The Labute approximate surface area is 136 Å². The molecule has 0 unspecified atom stereocenters. The quantitative estimate of drug-likeness (QED) is 0.849. The van der Waals surface area contributed by atoms with Crippen LogP contribution in [-0.2, 0) is 4.79 Å². The molecule has 2 rings (SSSR count). The van der Waals surface area contributed by atoms with Crippen LogP contribution >= 0.6 is 11.6 Å². The van der Waals surface area contributed by atoms with Crippen molar-refractivity contribution in [3.63, 3.8) is 0 Å². The molecule has 116 valence electrons. The number of hydrogen-bond acceptors (Lipinski definition) is 2. The van der Waals surface area contributed by atoms with Crippen LogP contribution in [0.5, 0.6) is 0 Å². The number of benzene rings is 2. The summed E-state index contributed by atoms with van der Waals surface area (Å²) in [5.74, 6) is -0.0229. The molecular weight excluding hydrogens is 296 g/mol. The molecule has 0 spiro atoms. The van der Waals surface area contributed by atoms with Gasteiger partial charge in [-0.15, -0.1) is 0 Å². The number of amides is 1. The highest BCUT2D eigenvalue weighted by atomic mass is 35.5. The highest BCUT2D eigenvalue weighted by Gasteiger charge is 2.11. The van der Waals surface area contributed by atoms with Gasteiger partial charge in [0.15, 0.2) is 0 Å². The number of nitrogens with one attached hydrogen (secondary N) is 2. The van der Waals surface area contributed by atoms with Crippen LogP contribution < -0.4 is 10.6 Å². The van der Waals surface area contributed by atoms with Crippen LogP contribution in [0.25, 0.3) is 0 Å². The van der Waals surface area contributed by atoms with Crippen LogP contribution in [0.4, 0.5) is 0 Å². The van der Waals surface area contributed by atoms with Crippen LogP contribution in [0, 0.1) is 0 Å². The van der Waals surface area contributed by atoms with Gasteiger partial charge in [0.25, 0.3) is 0 Å². The monoisotopic (exact) mass is 316 g/mol. The van der Waals surface area contributed by atoms with E-state index in [9.17, 15) is 4.79 Å². The second-order valence-corrected chi connectivity index (χ2v) is 5.79. The van der Waals surface area contributed by atoms with Gasteiger partial charge in [0.05, 0.1) is 12.6 Å². The minimum Gasteiger partial charge on any atom is -0.348 e. The molecule has 0 radical (unpaired) electrons.